The minimum absolute atomic E-state index is 0.0448. The molecule has 2 aliphatic rings. The molecule has 5 heteroatoms. The zero-order valence-electron chi connectivity index (χ0n) is 9.29. The second-order valence-electron chi connectivity index (χ2n) is 4.85. The summed E-state index contributed by atoms with van der Waals surface area (Å²) in [5, 5.41) is 14.4. The van der Waals surface area contributed by atoms with Crippen molar-refractivity contribution in [2.75, 3.05) is 13.2 Å². The van der Waals surface area contributed by atoms with Crippen LogP contribution in [0.1, 0.15) is 32.1 Å². The van der Waals surface area contributed by atoms with Crippen molar-refractivity contribution in [1.29, 1.82) is 0 Å². The Kier molecular flexibility index (Phi) is 3.14. The van der Waals surface area contributed by atoms with Crippen LogP contribution in [0.4, 0.5) is 0 Å². The highest BCUT2D eigenvalue weighted by Crippen LogP contribution is 2.47. The van der Waals surface area contributed by atoms with Crippen molar-refractivity contribution in [2.24, 2.45) is 5.41 Å². The van der Waals surface area contributed by atoms with Gasteiger partial charge >= 0.3 is 0 Å². The van der Waals surface area contributed by atoms with Crippen molar-refractivity contribution >= 4 is 11.8 Å². The molecule has 2 fully saturated rings. The van der Waals surface area contributed by atoms with E-state index in [0.29, 0.717) is 19.4 Å². The van der Waals surface area contributed by atoms with E-state index in [1.807, 2.05) is 0 Å². The molecule has 2 amide bonds. The van der Waals surface area contributed by atoms with E-state index in [9.17, 15) is 9.59 Å². The molecule has 1 atom stereocenters. The summed E-state index contributed by atoms with van der Waals surface area (Å²) in [5.74, 6) is -0.133. The Balaban J connectivity index is 1.74. The molecule has 1 unspecified atom stereocenters. The van der Waals surface area contributed by atoms with Crippen LogP contribution in [0, 0.1) is 5.41 Å². The first-order valence-electron chi connectivity index (χ1n) is 5.83. The third-order valence-electron chi connectivity index (χ3n) is 3.55. The summed E-state index contributed by atoms with van der Waals surface area (Å²) in [6, 6.07) is -0.350. The summed E-state index contributed by atoms with van der Waals surface area (Å²) in [4.78, 5) is 22.6. The molecule has 5 nitrogen and oxygen atoms in total. The Labute approximate surface area is 94.6 Å². The van der Waals surface area contributed by atoms with Crippen LogP contribution in [0.3, 0.4) is 0 Å². The van der Waals surface area contributed by atoms with E-state index in [1.165, 1.54) is 0 Å². The lowest BCUT2D eigenvalue weighted by atomic mass is 10.0. The van der Waals surface area contributed by atoms with Gasteiger partial charge in [0.25, 0.3) is 0 Å². The van der Waals surface area contributed by atoms with Gasteiger partial charge in [0.2, 0.25) is 11.8 Å². The van der Waals surface area contributed by atoms with Crippen LogP contribution in [0.5, 0.6) is 0 Å². The number of aliphatic hydroxyl groups excluding tert-OH is 1. The average Bonchev–Trinajstić information content (AvgIpc) is 2.89. The first kappa shape index (κ1) is 11.4. The number of rotatable bonds is 5. The molecule has 0 radical (unpaired) electrons. The quantitative estimate of drug-likeness (QED) is 0.594. The normalized spacial score (nSPS) is 26.3. The molecule has 1 aliphatic carbocycles. The highest BCUT2D eigenvalue weighted by molar-refractivity contribution is 5.90. The van der Waals surface area contributed by atoms with E-state index in [0.717, 1.165) is 19.3 Å². The standard InChI is InChI=1S/C11H18N2O3/c14-6-5-11(3-4-11)7-12-10(16)8-1-2-9(15)13-8/h8,14H,1-7H2,(H,12,16)(H,13,15). The largest absolute Gasteiger partial charge is 0.396 e. The van der Waals surface area contributed by atoms with Gasteiger partial charge in [0.1, 0.15) is 6.04 Å². The minimum Gasteiger partial charge on any atom is -0.396 e. The zero-order chi connectivity index (χ0) is 11.6. The van der Waals surface area contributed by atoms with Crippen LogP contribution in [-0.4, -0.2) is 36.1 Å². The van der Waals surface area contributed by atoms with Crippen LogP contribution in [0.25, 0.3) is 0 Å². The second kappa shape index (κ2) is 4.41. The Morgan fingerprint density at radius 2 is 2.31 bits per heavy atom. The van der Waals surface area contributed by atoms with Gasteiger partial charge < -0.3 is 15.7 Å². The van der Waals surface area contributed by atoms with Crippen LogP contribution >= 0.6 is 0 Å². The van der Waals surface area contributed by atoms with E-state index in [1.54, 1.807) is 0 Å². The van der Waals surface area contributed by atoms with Crippen molar-refractivity contribution < 1.29 is 14.7 Å². The minimum atomic E-state index is -0.350. The Morgan fingerprint density at radius 1 is 1.56 bits per heavy atom. The smallest absolute Gasteiger partial charge is 0.242 e. The number of nitrogens with one attached hydrogen (secondary N) is 2. The lowest BCUT2D eigenvalue weighted by Crippen LogP contribution is -2.43. The van der Waals surface area contributed by atoms with Crippen LogP contribution in [-0.2, 0) is 9.59 Å². The second-order valence-corrected chi connectivity index (χ2v) is 4.85. The van der Waals surface area contributed by atoms with E-state index >= 15 is 0 Å². The van der Waals surface area contributed by atoms with Gasteiger partial charge in [-0.2, -0.15) is 0 Å². The SMILES string of the molecule is O=C1CCC(C(=O)NCC2(CCO)CC2)N1. The number of hydrogen-bond acceptors (Lipinski definition) is 3. The van der Waals surface area contributed by atoms with E-state index in [2.05, 4.69) is 10.6 Å². The van der Waals surface area contributed by atoms with E-state index < -0.39 is 0 Å². The molecule has 0 aromatic rings. The van der Waals surface area contributed by atoms with E-state index in [4.69, 9.17) is 5.11 Å². The van der Waals surface area contributed by atoms with Gasteiger partial charge in [-0.05, 0) is 31.1 Å². The lowest BCUT2D eigenvalue weighted by molar-refractivity contribution is -0.125. The number of amides is 2. The molecule has 0 aromatic heterocycles. The third kappa shape index (κ3) is 2.52. The number of carbonyl (C=O) groups excluding carboxylic acids is 2. The predicted molar refractivity (Wildman–Crippen MR) is 57.5 cm³/mol. The average molecular weight is 226 g/mol. The molecule has 1 saturated heterocycles. The number of hydrogen-bond donors (Lipinski definition) is 3. The maximum absolute atomic E-state index is 11.7. The summed E-state index contributed by atoms with van der Waals surface area (Å²) < 4.78 is 0. The Bertz CT molecular complexity index is 300. The van der Waals surface area contributed by atoms with Gasteiger partial charge in [0, 0.05) is 19.6 Å². The maximum Gasteiger partial charge on any atom is 0.242 e. The van der Waals surface area contributed by atoms with Gasteiger partial charge in [-0.15, -0.1) is 0 Å². The molecule has 3 N–H and O–H groups in total. The van der Waals surface area contributed by atoms with Gasteiger partial charge in [-0.1, -0.05) is 0 Å². The van der Waals surface area contributed by atoms with Crippen LogP contribution in [0.2, 0.25) is 0 Å². The molecule has 1 aliphatic heterocycles. The molecule has 0 bridgehead atoms. The van der Waals surface area contributed by atoms with Gasteiger partial charge in [0.15, 0.2) is 0 Å². The van der Waals surface area contributed by atoms with Gasteiger partial charge in [0.05, 0.1) is 0 Å². The van der Waals surface area contributed by atoms with Gasteiger partial charge in [-0.3, -0.25) is 9.59 Å². The molecule has 90 valence electrons. The summed E-state index contributed by atoms with van der Waals surface area (Å²) in [6.07, 6.45) is 3.94. The molecule has 2 rings (SSSR count). The number of aliphatic hydroxyl groups is 1. The number of carbonyl (C=O) groups is 2. The molecule has 16 heavy (non-hydrogen) atoms. The highest BCUT2D eigenvalue weighted by Gasteiger charge is 2.42. The molecule has 1 saturated carbocycles. The first-order valence-corrected chi connectivity index (χ1v) is 5.83. The summed E-state index contributed by atoms with van der Waals surface area (Å²) in [7, 11) is 0. The monoisotopic (exact) mass is 226 g/mol. The topological polar surface area (TPSA) is 78.4 Å². The Hall–Kier alpha value is -1.10. The zero-order valence-corrected chi connectivity index (χ0v) is 9.29. The first-order chi connectivity index (χ1) is 7.65. The summed E-state index contributed by atoms with van der Waals surface area (Å²) in [5.41, 5.74) is 0.132. The predicted octanol–water partition coefficient (Wildman–Crippen LogP) is -0.456. The van der Waals surface area contributed by atoms with E-state index in [-0.39, 0.29) is 29.9 Å². The molecule has 0 aromatic carbocycles. The highest BCUT2D eigenvalue weighted by atomic mass is 16.3. The molecule has 1 heterocycles. The maximum atomic E-state index is 11.7. The van der Waals surface area contributed by atoms with Crippen molar-refractivity contribution in [3.8, 4) is 0 Å². The van der Waals surface area contributed by atoms with Crippen molar-refractivity contribution in [3.63, 3.8) is 0 Å². The Morgan fingerprint density at radius 3 is 2.81 bits per heavy atom. The van der Waals surface area contributed by atoms with Crippen molar-refractivity contribution in [1.82, 2.24) is 10.6 Å². The fraction of sp³-hybridized carbons (Fsp3) is 0.818. The fourth-order valence-electron chi connectivity index (χ4n) is 2.14. The van der Waals surface area contributed by atoms with Crippen LogP contribution < -0.4 is 10.6 Å². The molecular weight excluding hydrogens is 208 g/mol. The third-order valence-corrected chi connectivity index (χ3v) is 3.55. The molecule has 0 spiro atoms. The molecular formula is C11H18N2O3. The van der Waals surface area contributed by atoms with Crippen molar-refractivity contribution in [3.05, 3.63) is 0 Å². The van der Waals surface area contributed by atoms with Crippen LogP contribution in [0.15, 0.2) is 0 Å². The lowest BCUT2D eigenvalue weighted by Gasteiger charge is -2.16. The van der Waals surface area contributed by atoms with Gasteiger partial charge in [-0.25, -0.2) is 0 Å². The fourth-order valence-corrected chi connectivity index (χ4v) is 2.14. The van der Waals surface area contributed by atoms with Crippen molar-refractivity contribution in [2.45, 2.75) is 38.1 Å². The summed E-state index contributed by atoms with van der Waals surface area (Å²) >= 11 is 0. The summed E-state index contributed by atoms with van der Waals surface area (Å²) in [6.45, 7) is 0.800.